The lowest BCUT2D eigenvalue weighted by Gasteiger charge is -2.16. The van der Waals surface area contributed by atoms with Gasteiger partial charge in [-0.25, -0.2) is 19.9 Å². The summed E-state index contributed by atoms with van der Waals surface area (Å²) >= 11 is 0. The molecule has 7 aromatic carbocycles. The quantitative estimate of drug-likeness (QED) is 0.139. The Morgan fingerprint density at radius 1 is 0.200 bits per heavy atom. The normalized spacial score (nSPS) is 9.31. The molecular formula is C124H194N14O2. The molecule has 11 heterocycles. The molecule has 772 valence electrons. The van der Waals surface area contributed by atoms with Crippen molar-refractivity contribution in [3.05, 3.63) is 358 Å². The number of hydrogen-bond acceptors (Lipinski definition) is 16. The largest absolute Gasteiger partial charge is 0.467 e. The summed E-state index contributed by atoms with van der Waals surface area (Å²) < 4.78 is 10.3. The molecule has 0 N–H and O–H groups in total. The zero-order chi connectivity index (χ0) is 108. The predicted molar refractivity (Wildman–Crippen MR) is 627 cm³/mol. The Morgan fingerprint density at radius 3 is 0.993 bits per heavy atom. The summed E-state index contributed by atoms with van der Waals surface area (Å²) in [6, 6.07) is 78.0. The van der Waals surface area contributed by atoms with Crippen LogP contribution in [0.3, 0.4) is 0 Å². The lowest BCUT2D eigenvalue weighted by Crippen LogP contribution is -2.10. The van der Waals surface area contributed by atoms with E-state index in [2.05, 4.69) is 107 Å². The molecule has 3 aliphatic rings. The van der Waals surface area contributed by atoms with Crippen molar-refractivity contribution in [3.63, 3.8) is 0 Å². The van der Waals surface area contributed by atoms with E-state index >= 15 is 0 Å². The molecule has 0 fully saturated rings. The molecule has 20 rings (SSSR count). The van der Waals surface area contributed by atoms with Gasteiger partial charge < -0.3 is 9.47 Å². The molecule has 0 radical (unpaired) electrons. The van der Waals surface area contributed by atoms with Crippen molar-refractivity contribution in [1.82, 2.24) is 70.2 Å². The Labute approximate surface area is 855 Å². The van der Waals surface area contributed by atoms with E-state index in [9.17, 15) is 0 Å². The smallest absolute Gasteiger partial charge is 0.189 e. The maximum absolute atomic E-state index is 5.20. The Hall–Kier alpha value is -12.7. The average Bonchev–Trinajstić information content (AvgIpc) is 0.948. The highest BCUT2D eigenvalue weighted by atomic mass is 16.7. The number of aryl methyl sites for hydroxylation is 4. The van der Waals surface area contributed by atoms with Gasteiger partial charge in [0.2, 0.25) is 0 Å². The standard InChI is InChI=1S/C9H11N.C9H7N.C9H11N.C9H7N.5C8H6N2.C8H8O2.20C2H6/c2*1-2-6-9-8(4-1)5-3-7-10-9;2*1-2-4-9-7-10-6-5-8(9)3-1;1-3-7-4-2-6-10-8(7)9-5-1;1-2-4-8-7(3-1)5-9-6-10-8;1-2-4-8-6-10-9-5-7(8)3-1;1-2-4-8-7(3-1)9-5-6-10-8;1-2-4-8-7(3-1)5-6-9-10-8;1-2-4-8-7(3-1)5-9-6-10-8;20*1-2/h3,5,7H,1-2,4,6H2;1-7H;5-7H,1-4H2;1-7H;5*1-6H;1-4H,5-6H2;20*1-2H3. The van der Waals surface area contributed by atoms with Crippen LogP contribution in [0.1, 0.15) is 331 Å². The Balaban J connectivity index is -0.000000161. The van der Waals surface area contributed by atoms with Gasteiger partial charge in [0.25, 0.3) is 0 Å². The monoisotopic (exact) mass is 1910 g/mol. The first-order valence-electron chi connectivity index (χ1n) is 53.2. The van der Waals surface area contributed by atoms with Crippen LogP contribution >= 0.6 is 0 Å². The topological polar surface area (TPSA) is 199 Å². The Bertz CT molecular complexity index is 3920. The number of nitrogens with zero attached hydrogens (tertiary/aromatic N) is 14. The summed E-state index contributed by atoms with van der Waals surface area (Å²) in [6.45, 7) is 81.1. The fourth-order valence-corrected chi connectivity index (χ4v) is 10.8. The van der Waals surface area contributed by atoms with E-state index in [-0.39, 0.29) is 0 Å². The van der Waals surface area contributed by atoms with Crippen LogP contribution in [0.5, 0.6) is 5.75 Å². The van der Waals surface area contributed by atoms with Crippen molar-refractivity contribution < 1.29 is 9.47 Å². The van der Waals surface area contributed by atoms with E-state index in [0.717, 1.165) is 71.5 Å². The molecule has 10 aromatic heterocycles. The van der Waals surface area contributed by atoms with Crippen molar-refractivity contribution in [2.45, 2.75) is 335 Å². The highest BCUT2D eigenvalue weighted by Gasteiger charge is 2.10. The Morgan fingerprint density at radius 2 is 0.536 bits per heavy atom. The summed E-state index contributed by atoms with van der Waals surface area (Å²) in [5.74, 6) is 0.953. The molecule has 0 saturated carbocycles. The fraction of sp³-hybridized carbons (Fsp3) is 0.403. The van der Waals surface area contributed by atoms with Crippen molar-refractivity contribution >= 4 is 76.3 Å². The highest BCUT2D eigenvalue weighted by Crippen LogP contribution is 2.23. The third-order valence-corrected chi connectivity index (χ3v) is 15.9. The molecule has 140 heavy (non-hydrogen) atoms. The second-order valence-electron chi connectivity index (χ2n) is 22.7. The van der Waals surface area contributed by atoms with Gasteiger partial charge in [-0.05, 0) is 170 Å². The molecule has 0 bridgehead atoms. The first-order chi connectivity index (χ1) is 69.7. The summed E-state index contributed by atoms with van der Waals surface area (Å²) in [6.07, 6.45) is 37.1. The molecule has 0 saturated heterocycles. The number of rotatable bonds is 0. The number of aromatic nitrogens is 14. The van der Waals surface area contributed by atoms with Gasteiger partial charge in [0, 0.05) is 112 Å². The molecular weight excluding hydrogens is 1720 g/mol. The van der Waals surface area contributed by atoms with Crippen LogP contribution in [-0.2, 0) is 37.0 Å². The van der Waals surface area contributed by atoms with Crippen molar-refractivity contribution in [1.29, 1.82) is 0 Å². The molecule has 2 aliphatic carbocycles. The van der Waals surface area contributed by atoms with Gasteiger partial charge in [-0.2, -0.15) is 20.4 Å². The van der Waals surface area contributed by atoms with Gasteiger partial charge in [-0.1, -0.05) is 423 Å². The minimum Gasteiger partial charge on any atom is -0.467 e. The van der Waals surface area contributed by atoms with Crippen molar-refractivity contribution in [2.75, 3.05) is 6.79 Å². The maximum atomic E-state index is 5.20. The van der Waals surface area contributed by atoms with Crippen LogP contribution in [-0.4, -0.2) is 77.0 Å². The van der Waals surface area contributed by atoms with Gasteiger partial charge >= 0.3 is 0 Å². The van der Waals surface area contributed by atoms with E-state index in [1.807, 2.05) is 521 Å². The predicted octanol–water partition coefficient (Wildman–Crippen LogP) is 38.6. The van der Waals surface area contributed by atoms with E-state index in [1.54, 1.807) is 49.7 Å². The van der Waals surface area contributed by atoms with Crippen LogP contribution in [0.15, 0.2) is 330 Å². The lowest BCUT2D eigenvalue weighted by atomic mass is 9.94. The molecule has 0 atom stereocenters. The molecule has 16 heteroatoms. The van der Waals surface area contributed by atoms with Gasteiger partial charge in [0.05, 0.1) is 52.8 Å². The summed E-state index contributed by atoms with van der Waals surface area (Å²) in [5.41, 5.74) is 12.6. The number of benzene rings is 7. The zero-order valence-electron chi connectivity index (χ0n) is 95.3. The number of pyridine rings is 6. The second kappa shape index (κ2) is 122. The summed E-state index contributed by atoms with van der Waals surface area (Å²) in [7, 11) is 0. The van der Waals surface area contributed by atoms with Gasteiger partial charge in [0.15, 0.2) is 12.4 Å². The average molecular weight is 1910 g/mol. The summed E-state index contributed by atoms with van der Waals surface area (Å²) in [4.78, 5) is 41.0. The van der Waals surface area contributed by atoms with Crippen LogP contribution in [0, 0.1) is 0 Å². The molecule has 0 spiro atoms. The fourth-order valence-electron chi connectivity index (χ4n) is 10.8. The van der Waals surface area contributed by atoms with Crippen LogP contribution in [0.25, 0.3) is 76.3 Å². The first-order valence-corrected chi connectivity index (χ1v) is 53.2. The number of fused-ring (bicyclic) bond motifs is 10. The maximum Gasteiger partial charge on any atom is 0.189 e. The zero-order valence-corrected chi connectivity index (χ0v) is 95.3. The van der Waals surface area contributed by atoms with Crippen LogP contribution in [0.4, 0.5) is 0 Å². The van der Waals surface area contributed by atoms with Crippen molar-refractivity contribution in [3.8, 4) is 5.75 Å². The molecule has 0 amide bonds. The Kier molecular flexibility index (Phi) is 129. The SMILES string of the molecule is CC.CC.CC.CC.CC.CC.CC.CC.CC.CC.CC.CC.CC.CC.CC.CC.CC.CC.CC.CC.c1cc2c(cn1)CCCC2.c1ccc2c(c1)COCO2.c1ccc2cnccc2c1.c1ccc2cnncc2c1.c1ccc2ncccc2c1.c1ccc2nccnc2c1.c1ccc2ncncc2c1.c1ccc2nnccc2c1.c1cnc2c(c1)CCCC2.c1cnc2ncccc2c1. The van der Waals surface area contributed by atoms with Gasteiger partial charge in [-0.3, -0.25) is 29.9 Å². The minimum atomic E-state index is 0.386. The second-order valence-corrected chi connectivity index (χ2v) is 22.7. The number of hydrogen-bond donors (Lipinski definition) is 0. The molecule has 17 aromatic rings. The molecule has 16 nitrogen and oxygen atoms in total. The minimum absolute atomic E-state index is 0.386. The highest BCUT2D eigenvalue weighted by molar-refractivity contribution is 5.82. The number of para-hydroxylation sites is 5. The number of ether oxygens (including phenoxy) is 2. The van der Waals surface area contributed by atoms with E-state index in [4.69, 9.17) is 9.47 Å². The lowest BCUT2D eigenvalue weighted by molar-refractivity contribution is -0.0163. The third-order valence-electron chi connectivity index (χ3n) is 15.9. The van der Waals surface area contributed by atoms with E-state index in [1.165, 1.54) is 89.9 Å². The van der Waals surface area contributed by atoms with E-state index in [0.29, 0.717) is 13.4 Å². The van der Waals surface area contributed by atoms with Crippen LogP contribution < -0.4 is 4.74 Å². The molecule has 1 aliphatic heterocycles. The van der Waals surface area contributed by atoms with E-state index < -0.39 is 0 Å². The van der Waals surface area contributed by atoms with Gasteiger partial charge in [0.1, 0.15) is 12.1 Å². The first kappa shape index (κ1) is 148. The molecule has 0 unspecified atom stereocenters. The van der Waals surface area contributed by atoms with Crippen molar-refractivity contribution in [2.24, 2.45) is 0 Å². The third kappa shape index (κ3) is 69.2. The van der Waals surface area contributed by atoms with Gasteiger partial charge in [-0.15, -0.1) is 0 Å². The van der Waals surface area contributed by atoms with Crippen LogP contribution in [0.2, 0.25) is 0 Å². The summed E-state index contributed by atoms with van der Waals surface area (Å²) in [5, 5.41) is 24.5.